The van der Waals surface area contributed by atoms with Gasteiger partial charge in [-0.15, -0.1) is 11.3 Å². The largest absolute Gasteiger partial charge is 0.318 e. The lowest BCUT2D eigenvalue weighted by Gasteiger charge is -2.07. The second-order valence-corrected chi connectivity index (χ2v) is 7.37. The maximum atomic E-state index is 12.1. The van der Waals surface area contributed by atoms with E-state index in [0.717, 1.165) is 20.8 Å². The molecule has 0 spiro atoms. The van der Waals surface area contributed by atoms with Crippen LogP contribution < -0.4 is 10.6 Å². The number of thiazole rings is 1. The number of hydrogen-bond donors (Lipinski definition) is 2. The lowest BCUT2D eigenvalue weighted by atomic mass is 10.2. The summed E-state index contributed by atoms with van der Waals surface area (Å²) in [6.45, 7) is 2.06. The molecule has 0 unspecified atom stereocenters. The van der Waals surface area contributed by atoms with Gasteiger partial charge in [-0.05, 0) is 61.0 Å². The molecule has 1 heterocycles. The number of hydrogen-bond acceptors (Lipinski definition) is 4. The van der Waals surface area contributed by atoms with Gasteiger partial charge in [0.05, 0.1) is 10.2 Å². The number of aromatic nitrogens is 1. The average molecular weight is 387 g/mol. The highest BCUT2D eigenvalue weighted by atomic mass is 32.1. The van der Waals surface area contributed by atoms with E-state index in [0.29, 0.717) is 11.4 Å². The van der Waals surface area contributed by atoms with Crippen LogP contribution in [0.3, 0.4) is 0 Å². The van der Waals surface area contributed by atoms with Crippen molar-refractivity contribution >= 4 is 44.7 Å². The van der Waals surface area contributed by atoms with Crippen LogP contribution in [0, 0.1) is 6.92 Å². The normalized spacial score (nSPS) is 10.6. The Hall–Kier alpha value is -3.51. The minimum absolute atomic E-state index is 0.550. The number of benzene rings is 3. The zero-order chi connectivity index (χ0) is 19.5. The van der Waals surface area contributed by atoms with Gasteiger partial charge in [0.1, 0.15) is 5.01 Å². The van der Waals surface area contributed by atoms with Crippen molar-refractivity contribution in [2.75, 3.05) is 10.6 Å². The number of carbonyl (C=O) groups excluding carboxylic acids is 2. The topological polar surface area (TPSA) is 71.1 Å². The van der Waals surface area contributed by atoms with Gasteiger partial charge in [-0.25, -0.2) is 4.98 Å². The van der Waals surface area contributed by atoms with Crippen molar-refractivity contribution < 1.29 is 9.59 Å². The Kier molecular flexibility index (Phi) is 4.87. The Morgan fingerprint density at radius 2 is 1.46 bits per heavy atom. The number of aryl methyl sites for hydroxylation is 1. The predicted molar refractivity (Wildman–Crippen MR) is 113 cm³/mol. The quantitative estimate of drug-likeness (QED) is 0.494. The first-order chi connectivity index (χ1) is 13.6. The number of fused-ring (bicyclic) bond motifs is 1. The number of para-hydroxylation sites is 1. The van der Waals surface area contributed by atoms with Gasteiger partial charge >= 0.3 is 11.8 Å². The van der Waals surface area contributed by atoms with E-state index in [2.05, 4.69) is 28.6 Å². The van der Waals surface area contributed by atoms with Crippen LogP contribution in [0.1, 0.15) is 5.56 Å². The van der Waals surface area contributed by atoms with Crippen molar-refractivity contribution in [2.45, 2.75) is 6.92 Å². The molecule has 0 aliphatic carbocycles. The van der Waals surface area contributed by atoms with Gasteiger partial charge in [-0.2, -0.15) is 0 Å². The van der Waals surface area contributed by atoms with E-state index in [1.54, 1.807) is 47.7 Å². The summed E-state index contributed by atoms with van der Waals surface area (Å²) in [5, 5.41) is 6.08. The Morgan fingerprint density at radius 3 is 2.14 bits per heavy atom. The number of nitrogens with zero attached hydrogens (tertiary/aromatic N) is 1. The molecule has 2 amide bonds. The van der Waals surface area contributed by atoms with Gasteiger partial charge < -0.3 is 10.6 Å². The fraction of sp³-hybridized carbons (Fsp3) is 0.0455. The Balaban J connectivity index is 1.45. The Labute approximate surface area is 166 Å². The second kappa shape index (κ2) is 7.62. The summed E-state index contributed by atoms with van der Waals surface area (Å²) in [6.07, 6.45) is 0. The molecule has 5 nitrogen and oxygen atoms in total. The summed E-state index contributed by atoms with van der Waals surface area (Å²) in [5.41, 5.74) is 4.26. The van der Waals surface area contributed by atoms with Crippen molar-refractivity contribution in [1.82, 2.24) is 4.98 Å². The fourth-order valence-corrected chi connectivity index (χ4v) is 3.82. The average Bonchev–Trinajstić information content (AvgIpc) is 3.12. The molecule has 0 saturated heterocycles. The number of anilines is 2. The first kappa shape index (κ1) is 17.9. The summed E-state index contributed by atoms with van der Waals surface area (Å²) >= 11 is 1.63. The smallest absolute Gasteiger partial charge is 0.314 e. The maximum absolute atomic E-state index is 12.1. The van der Waals surface area contributed by atoms with Crippen LogP contribution in [0.4, 0.5) is 11.4 Å². The predicted octanol–water partition coefficient (Wildman–Crippen LogP) is 4.85. The molecular weight excluding hydrogens is 370 g/mol. The number of amides is 2. The maximum Gasteiger partial charge on any atom is 0.314 e. The van der Waals surface area contributed by atoms with Gasteiger partial charge in [0.15, 0.2) is 0 Å². The molecule has 138 valence electrons. The first-order valence-corrected chi connectivity index (χ1v) is 9.55. The van der Waals surface area contributed by atoms with Crippen molar-refractivity contribution in [3.63, 3.8) is 0 Å². The van der Waals surface area contributed by atoms with E-state index >= 15 is 0 Å². The zero-order valence-corrected chi connectivity index (χ0v) is 15.9. The van der Waals surface area contributed by atoms with Crippen LogP contribution in [0.25, 0.3) is 20.8 Å². The van der Waals surface area contributed by atoms with E-state index in [4.69, 9.17) is 0 Å². The van der Waals surface area contributed by atoms with Gasteiger partial charge in [-0.1, -0.05) is 24.3 Å². The number of carbonyl (C=O) groups is 2. The van der Waals surface area contributed by atoms with Crippen molar-refractivity contribution in [2.24, 2.45) is 0 Å². The van der Waals surface area contributed by atoms with Gasteiger partial charge in [0.2, 0.25) is 0 Å². The highest BCUT2D eigenvalue weighted by Crippen LogP contribution is 2.31. The molecule has 0 bridgehead atoms. The van der Waals surface area contributed by atoms with Crippen molar-refractivity contribution in [3.8, 4) is 10.6 Å². The first-order valence-electron chi connectivity index (χ1n) is 8.73. The molecule has 4 aromatic rings. The summed E-state index contributed by atoms with van der Waals surface area (Å²) in [6, 6.07) is 22.3. The molecule has 0 aliphatic heterocycles. The molecule has 1 aromatic heterocycles. The highest BCUT2D eigenvalue weighted by molar-refractivity contribution is 7.21. The minimum Gasteiger partial charge on any atom is -0.318 e. The molecule has 2 N–H and O–H groups in total. The molecule has 0 radical (unpaired) electrons. The van der Waals surface area contributed by atoms with E-state index in [1.165, 1.54) is 5.56 Å². The summed E-state index contributed by atoms with van der Waals surface area (Å²) in [7, 11) is 0. The van der Waals surface area contributed by atoms with E-state index in [9.17, 15) is 9.59 Å². The van der Waals surface area contributed by atoms with Crippen LogP contribution in [0.15, 0.2) is 72.8 Å². The van der Waals surface area contributed by atoms with Crippen LogP contribution in [-0.2, 0) is 9.59 Å². The molecule has 4 rings (SSSR count). The third-order valence-corrected chi connectivity index (χ3v) is 5.24. The molecule has 6 heteroatoms. The number of rotatable bonds is 3. The summed E-state index contributed by atoms with van der Waals surface area (Å²) in [4.78, 5) is 28.7. The van der Waals surface area contributed by atoms with Crippen molar-refractivity contribution in [1.29, 1.82) is 0 Å². The third kappa shape index (κ3) is 3.92. The third-order valence-electron chi connectivity index (χ3n) is 4.17. The number of nitrogens with one attached hydrogen (secondary N) is 2. The van der Waals surface area contributed by atoms with Crippen LogP contribution in [0.5, 0.6) is 0 Å². The Morgan fingerprint density at radius 1 is 0.821 bits per heavy atom. The van der Waals surface area contributed by atoms with Gasteiger partial charge in [0, 0.05) is 16.9 Å². The second-order valence-electron chi connectivity index (χ2n) is 6.34. The molecule has 0 fully saturated rings. The standard InChI is InChI=1S/C22H17N3O2S/c1-14-7-12-18-19(13-14)28-22(25-18)15-8-10-17(11-9-15)24-21(27)20(26)23-16-5-3-2-4-6-16/h2-13H,1H3,(H,23,26)(H,24,27). The fourth-order valence-electron chi connectivity index (χ4n) is 2.75. The van der Waals surface area contributed by atoms with E-state index in [1.807, 2.05) is 30.3 Å². The molecule has 28 heavy (non-hydrogen) atoms. The van der Waals surface area contributed by atoms with Gasteiger partial charge in [-0.3, -0.25) is 9.59 Å². The van der Waals surface area contributed by atoms with E-state index in [-0.39, 0.29) is 0 Å². The summed E-state index contributed by atoms with van der Waals surface area (Å²) in [5.74, 6) is -1.43. The lowest BCUT2D eigenvalue weighted by molar-refractivity contribution is -0.132. The molecular formula is C22H17N3O2S. The molecule has 0 atom stereocenters. The van der Waals surface area contributed by atoms with Crippen LogP contribution in [-0.4, -0.2) is 16.8 Å². The van der Waals surface area contributed by atoms with Crippen molar-refractivity contribution in [3.05, 3.63) is 78.4 Å². The zero-order valence-electron chi connectivity index (χ0n) is 15.1. The minimum atomic E-state index is -0.716. The SMILES string of the molecule is Cc1ccc2nc(-c3ccc(NC(=O)C(=O)Nc4ccccc4)cc3)sc2c1. The highest BCUT2D eigenvalue weighted by Gasteiger charge is 2.14. The van der Waals surface area contributed by atoms with Crippen LogP contribution in [0.2, 0.25) is 0 Å². The summed E-state index contributed by atoms with van der Waals surface area (Å²) < 4.78 is 1.14. The lowest BCUT2D eigenvalue weighted by Crippen LogP contribution is -2.28. The van der Waals surface area contributed by atoms with Gasteiger partial charge in [0.25, 0.3) is 0 Å². The Bertz CT molecular complexity index is 1150. The van der Waals surface area contributed by atoms with Crippen LogP contribution >= 0.6 is 11.3 Å². The monoisotopic (exact) mass is 387 g/mol. The molecule has 0 saturated carbocycles. The van der Waals surface area contributed by atoms with E-state index < -0.39 is 11.8 Å². The molecule has 3 aromatic carbocycles. The molecule has 0 aliphatic rings.